The summed E-state index contributed by atoms with van der Waals surface area (Å²) in [6, 6.07) is 4.99. The smallest absolute Gasteiger partial charge is 0.352 e. The largest absolute Gasteiger partial charge is 0.460 e. The number of benzene rings is 1. The number of carbonyl (C=O) groups is 1. The van der Waals surface area contributed by atoms with Crippen molar-refractivity contribution in [1.82, 2.24) is 0 Å². The number of rotatable bonds is 1. The number of ether oxygens (including phenoxy) is 1. The van der Waals surface area contributed by atoms with Crippen LogP contribution in [0.3, 0.4) is 0 Å². The molecule has 0 aliphatic carbocycles. The van der Waals surface area contributed by atoms with Gasteiger partial charge in [0.25, 0.3) is 0 Å². The topological polar surface area (TPSA) is 76.2 Å². The van der Waals surface area contributed by atoms with Crippen molar-refractivity contribution in [2.24, 2.45) is 0 Å². The Labute approximate surface area is 91.5 Å². The Hall–Kier alpha value is -1.55. The van der Waals surface area contributed by atoms with Crippen LogP contribution < -0.4 is 5.73 Å². The van der Waals surface area contributed by atoms with Crippen LogP contribution in [0.2, 0.25) is 5.02 Å². The van der Waals surface area contributed by atoms with Gasteiger partial charge in [0.15, 0.2) is 0 Å². The van der Waals surface area contributed by atoms with Gasteiger partial charge < -0.3 is 10.5 Å². The predicted octanol–water partition coefficient (Wildman–Crippen LogP) is 1.58. The molecule has 1 saturated heterocycles. The van der Waals surface area contributed by atoms with E-state index in [1.165, 1.54) is 0 Å². The van der Waals surface area contributed by atoms with Crippen LogP contribution in [0.4, 0.5) is 5.69 Å². The highest BCUT2D eigenvalue weighted by Crippen LogP contribution is 2.30. The summed E-state index contributed by atoms with van der Waals surface area (Å²) in [5, 5.41) is 8.08. The van der Waals surface area contributed by atoms with Crippen molar-refractivity contribution in [3.8, 4) is 0 Å². The van der Waals surface area contributed by atoms with Crippen LogP contribution in [0, 0.1) is 5.41 Å². The van der Waals surface area contributed by atoms with Crippen molar-refractivity contribution in [3.05, 3.63) is 28.8 Å². The molecule has 0 aromatic heterocycles. The third-order valence-electron chi connectivity index (χ3n) is 2.37. The zero-order valence-electron chi connectivity index (χ0n) is 7.79. The number of nitrogens with one attached hydrogen (secondary N) is 1. The van der Waals surface area contributed by atoms with Gasteiger partial charge in [-0.05, 0) is 23.8 Å². The number of halogens is 1. The number of anilines is 1. The summed E-state index contributed by atoms with van der Waals surface area (Å²) in [5.74, 6) is -0.976. The summed E-state index contributed by atoms with van der Waals surface area (Å²) in [4.78, 5) is 11.0. The quantitative estimate of drug-likeness (QED) is 0.562. The molecule has 1 heterocycles. The number of hydrogen-bond donors (Lipinski definition) is 2. The van der Waals surface area contributed by atoms with Gasteiger partial charge in [0.2, 0.25) is 0 Å². The second kappa shape index (κ2) is 3.55. The summed E-state index contributed by atoms with van der Waals surface area (Å²) in [7, 11) is 0. The predicted molar refractivity (Wildman–Crippen MR) is 57.3 cm³/mol. The lowest BCUT2D eigenvalue weighted by atomic mass is 9.95. The molecule has 1 aromatic rings. The number of nitrogen functional groups attached to an aromatic ring is 1. The van der Waals surface area contributed by atoms with Crippen molar-refractivity contribution in [1.29, 1.82) is 5.41 Å². The fourth-order valence-corrected chi connectivity index (χ4v) is 1.74. The summed E-state index contributed by atoms with van der Waals surface area (Å²) in [5.41, 5.74) is 6.89. The van der Waals surface area contributed by atoms with E-state index in [-0.39, 0.29) is 12.3 Å². The number of esters is 1. The first kappa shape index (κ1) is 9.98. The Morgan fingerprint density at radius 3 is 2.87 bits per heavy atom. The molecule has 1 unspecified atom stereocenters. The maximum absolute atomic E-state index is 11.0. The molecule has 78 valence electrons. The lowest BCUT2D eigenvalue weighted by Crippen LogP contribution is -2.13. The molecule has 1 atom stereocenters. The SMILES string of the molecule is N=C1C(=O)OCC1c1cc(Cl)ccc1N. The van der Waals surface area contributed by atoms with E-state index in [1.807, 2.05) is 0 Å². The van der Waals surface area contributed by atoms with Gasteiger partial charge in [0.1, 0.15) is 12.3 Å². The average molecular weight is 225 g/mol. The molecule has 0 saturated carbocycles. The highest BCUT2D eigenvalue weighted by molar-refractivity contribution is 6.39. The van der Waals surface area contributed by atoms with Crippen LogP contribution in [0.25, 0.3) is 0 Å². The van der Waals surface area contributed by atoms with E-state index in [9.17, 15) is 4.79 Å². The molecule has 1 aliphatic rings. The molecule has 4 nitrogen and oxygen atoms in total. The van der Waals surface area contributed by atoms with Gasteiger partial charge >= 0.3 is 5.97 Å². The molecule has 2 rings (SSSR count). The van der Waals surface area contributed by atoms with Crippen molar-refractivity contribution in [2.75, 3.05) is 12.3 Å². The lowest BCUT2D eigenvalue weighted by Gasteiger charge is -2.10. The minimum Gasteiger partial charge on any atom is -0.460 e. The Kier molecular flexibility index (Phi) is 2.36. The highest BCUT2D eigenvalue weighted by Gasteiger charge is 2.33. The molecule has 0 spiro atoms. The van der Waals surface area contributed by atoms with Gasteiger partial charge in [-0.25, -0.2) is 4.79 Å². The summed E-state index contributed by atoms with van der Waals surface area (Å²) in [6.45, 7) is 0.169. The molecular weight excluding hydrogens is 216 g/mol. The fraction of sp³-hybridized carbons (Fsp3) is 0.200. The first-order valence-corrected chi connectivity index (χ1v) is 4.78. The van der Waals surface area contributed by atoms with E-state index in [4.69, 9.17) is 27.5 Å². The highest BCUT2D eigenvalue weighted by atomic mass is 35.5. The molecule has 1 aromatic carbocycles. The molecule has 3 N–H and O–H groups in total. The standard InChI is InChI=1S/C10H9ClN2O2/c11-5-1-2-8(12)6(3-5)7-4-15-10(14)9(7)13/h1-3,7,13H,4,12H2. The van der Waals surface area contributed by atoms with Crippen LogP contribution in [-0.4, -0.2) is 18.3 Å². The van der Waals surface area contributed by atoms with Gasteiger partial charge in [0.05, 0.1) is 5.92 Å². The maximum atomic E-state index is 11.0. The monoisotopic (exact) mass is 224 g/mol. The molecule has 15 heavy (non-hydrogen) atoms. The Morgan fingerprint density at radius 1 is 1.53 bits per heavy atom. The van der Waals surface area contributed by atoms with Crippen LogP contribution in [0.1, 0.15) is 11.5 Å². The van der Waals surface area contributed by atoms with Crippen molar-refractivity contribution in [3.63, 3.8) is 0 Å². The van der Waals surface area contributed by atoms with E-state index in [1.54, 1.807) is 18.2 Å². The minimum absolute atomic E-state index is 0.0658. The molecular formula is C10H9ClN2O2. The zero-order valence-corrected chi connectivity index (χ0v) is 8.54. The van der Waals surface area contributed by atoms with Gasteiger partial charge in [-0.3, -0.25) is 5.41 Å². The normalized spacial score (nSPS) is 20.5. The second-order valence-electron chi connectivity index (χ2n) is 3.34. The zero-order chi connectivity index (χ0) is 11.0. The van der Waals surface area contributed by atoms with Gasteiger partial charge in [-0.1, -0.05) is 11.6 Å². The van der Waals surface area contributed by atoms with E-state index in [2.05, 4.69) is 0 Å². The summed E-state index contributed by atoms with van der Waals surface area (Å²) < 4.78 is 4.76. The number of carbonyl (C=O) groups excluding carboxylic acids is 1. The van der Waals surface area contributed by atoms with Gasteiger partial charge in [-0.15, -0.1) is 0 Å². The maximum Gasteiger partial charge on any atom is 0.352 e. The molecule has 0 radical (unpaired) electrons. The van der Waals surface area contributed by atoms with Crippen LogP contribution >= 0.6 is 11.6 Å². The third-order valence-corrected chi connectivity index (χ3v) is 2.61. The Balaban J connectivity index is 2.42. The van der Waals surface area contributed by atoms with Gasteiger partial charge in [0, 0.05) is 10.7 Å². The van der Waals surface area contributed by atoms with Crippen LogP contribution in [0.5, 0.6) is 0 Å². The Morgan fingerprint density at radius 2 is 2.27 bits per heavy atom. The molecule has 0 amide bonds. The van der Waals surface area contributed by atoms with Crippen LogP contribution in [-0.2, 0) is 9.53 Å². The van der Waals surface area contributed by atoms with E-state index >= 15 is 0 Å². The Bertz CT molecular complexity index is 445. The molecule has 5 heteroatoms. The first-order chi connectivity index (χ1) is 7.09. The van der Waals surface area contributed by atoms with Crippen molar-refractivity contribution < 1.29 is 9.53 Å². The lowest BCUT2D eigenvalue weighted by molar-refractivity contribution is -0.132. The molecule has 1 aliphatic heterocycles. The van der Waals surface area contributed by atoms with Crippen molar-refractivity contribution >= 4 is 29.0 Å². The summed E-state index contributed by atoms with van der Waals surface area (Å²) in [6.07, 6.45) is 0. The average Bonchev–Trinajstić information content (AvgIpc) is 2.52. The molecule has 1 fully saturated rings. The van der Waals surface area contributed by atoms with E-state index in [0.29, 0.717) is 16.3 Å². The third kappa shape index (κ3) is 1.68. The van der Waals surface area contributed by atoms with Gasteiger partial charge in [-0.2, -0.15) is 0 Å². The first-order valence-electron chi connectivity index (χ1n) is 4.40. The van der Waals surface area contributed by atoms with Crippen LogP contribution in [0.15, 0.2) is 18.2 Å². The number of nitrogens with two attached hydrogens (primary N) is 1. The fourth-order valence-electron chi connectivity index (χ4n) is 1.56. The number of cyclic esters (lactones) is 1. The summed E-state index contributed by atoms with van der Waals surface area (Å²) >= 11 is 5.83. The van der Waals surface area contributed by atoms with Crippen molar-refractivity contribution in [2.45, 2.75) is 5.92 Å². The minimum atomic E-state index is -0.584. The number of hydrogen-bond acceptors (Lipinski definition) is 4. The molecule has 0 bridgehead atoms. The van der Waals surface area contributed by atoms with E-state index < -0.39 is 11.9 Å². The second-order valence-corrected chi connectivity index (χ2v) is 3.77. The van der Waals surface area contributed by atoms with E-state index in [0.717, 1.165) is 0 Å².